The maximum Gasteiger partial charge on any atom is 0.410 e. The van der Waals surface area contributed by atoms with E-state index in [4.69, 9.17) is 4.74 Å². The molecule has 11 nitrogen and oxygen atoms in total. The summed E-state index contributed by atoms with van der Waals surface area (Å²) in [5.41, 5.74) is -0.524. The van der Waals surface area contributed by atoms with Gasteiger partial charge in [-0.1, -0.05) is 24.3 Å². The molecule has 1 aromatic carbocycles. The van der Waals surface area contributed by atoms with Crippen LogP contribution in [0.3, 0.4) is 0 Å². The van der Waals surface area contributed by atoms with E-state index in [-0.39, 0.29) is 17.8 Å². The number of rotatable bonds is 7. The van der Waals surface area contributed by atoms with Crippen LogP contribution in [-0.2, 0) is 19.1 Å². The first kappa shape index (κ1) is 36.8. The highest BCUT2D eigenvalue weighted by Gasteiger charge is 2.49. The number of allylic oxidation sites excluding steroid dienone is 5. The molecule has 2 fully saturated rings. The Labute approximate surface area is 291 Å². The van der Waals surface area contributed by atoms with Gasteiger partial charge in [-0.2, -0.15) is 5.26 Å². The average molecular weight is 709 g/mol. The Bertz CT molecular complexity index is 1850. The van der Waals surface area contributed by atoms with Gasteiger partial charge in [0.05, 0.1) is 23.9 Å². The number of carbonyl (C=O) groups is 4. The number of nitriles is 1. The van der Waals surface area contributed by atoms with Crippen molar-refractivity contribution in [2.45, 2.75) is 76.6 Å². The zero-order valence-corrected chi connectivity index (χ0v) is 28.3. The first-order valence-electron chi connectivity index (χ1n) is 16.1. The summed E-state index contributed by atoms with van der Waals surface area (Å²) in [7, 11) is 0. The van der Waals surface area contributed by atoms with Crippen LogP contribution >= 0.6 is 0 Å². The third kappa shape index (κ3) is 8.45. The Balaban J connectivity index is 1.69. The van der Waals surface area contributed by atoms with Gasteiger partial charge in [0.25, 0.3) is 11.8 Å². The minimum absolute atomic E-state index is 0.0719. The van der Waals surface area contributed by atoms with Crippen molar-refractivity contribution in [3.63, 3.8) is 0 Å². The fourth-order valence-corrected chi connectivity index (χ4v) is 6.12. The van der Waals surface area contributed by atoms with Crippen molar-refractivity contribution in [1.29, 1.82) is 5.26 Å². The van der Waals surface area contributed by atoms with Gasteiger partial charge in [0.15, 0.2) is 0 Å². The third-order valence-electron chi connectivity index (χ3n) is 8.43. The topological polar surface area (TPSA) is 136 Å². The van der Waals surface area contributed by atoms with Crippen molar-refractivity contribution in [3.05, 3.63) is 89.2 Å². The van der Waals surface area contributed by atoms with E-state index in [0.29, 0.717) is 17.2 Å². The average Bonchev–Trinajstić information content (AvgIpc) is 3.24. The molecule has 51 heavy (non-hydrogen) atoms. The smallest absolute Gasteiger partial charge is 0.410 e. The van der Waals surface area contributed by atoms with Gasteiger partial charge in [-0.25, -0.2) is 27.3 Å². The van der Waals surface area contributed by atoms with Gasteiger partial charge >= 0.3 is 6.09 Å². The lowest BCUT2D eigenvalue weighted by Crippen LogP contribution is -2.66. The van der Waals surface area contributed by atoms with Crippen LogP contribution in [0.1, 0.15) is 52.5 Å². The van der Waals surface area contributed by atoms with Crippen molar-refractivity contribution in [1.82, 2.24) is 15.2 Å². The summed E-state index contributed by atoms with van der Waals surface area (Å²) in [5, 5.41) is 12.1. The molecular weight excluding hydrogens is 672 g/mol. The maximum atomic E-state index is 15.2. The van der Waals surface area contributed by atoms with Gasteiger partial charge in [0, 0.05) is 31.1 Å². The molecule has 2 heterocycles. The lowest BCUT2D eigenvalue weighted by atomic mass is 9.87. The van der Waals surface area contributed by atoms with Crippen LogP contribution in [0.25, 0.3) is 0 Å². The number of anilines is 2. The molecule has 4 amide bonds. The second-order valence-electron chi connectivity index (χ2n) is 13.6. The molecule has 268 valence electrons. The van der Waals surface area contributed by atoms with E-state index < -0.39 is 96.7 Å². The molecule has 2 unspecified atom stereocenters. The summed E-state index contributed by atoms with van der Waals surface area (Å²) < 4.78 is 63.1. The number of amides is 4. The number of hydrogen-bond donors (Lipinski definition) is 1. The number of nitrogens with one attached hydrogen (secondary N) is 1. The van der Waals surface area contributed by atoms with Crippen LogP contribution in [0.5, 0.6) is 0 Å². The second-order valence-corrected chi connectivity index (χ2v) is 13.6. The quantitative estimate of drug-likeness (QED) is 0.384. The van der Waals surface area contributed by atoms with Crippen LogP contribution in [0.15, 0.2) is 72.0 Å². The molecule has 1 aliphatic heterocycles. The summed E-state index contributed by atoms with van der Waals surface area (Å²) in [6.07, 6.45) is 5.80. The fourth-order valence-electron chi connectivity index (χ4n) is 6.12. The molecule has 2 atom stereocenters. The van der Waals surface area contributed by atoms with Crippen molar-refractivity contribution in [2.75, 3.05) is 22.9 Å². The molecule has 0 bridgehead atoms. The Morgan fingerprint density at radius 3 is 2.43 bits per heavy atom. The van der Waals surface area contributed by atoms with Gasteiger partial charge in [-0.15, -0.1) is 0 Å². The largest absolute Gasteiger partial charge is 0.444 e. The molecule has 1 N–H and O–H groups in total. The van der Waals surface area contributed by atoms with Crippen molar-refractivity contribution < 1.29 is 41.5 Å². The number of aromatic nitrogens is 1. The molecule has 1 aromatic heterocycles. The molecule has 15 heteroatoms. The Morgan fingerprint density at radius 2 is 1.80 bits per heavy atom. The lowest BCUT2D eigenvalue weighted by molar-refractivity contribution is -0.133. The van der Waals surface area contributed by atoms with Crippen molar-refractivity contribution >= 4 is 35.3 Å². The summed E-state index contributed by atoms with van der Waals surface area (Å²) in [6, 6.07) is 2.46. The number of pyridine rings is 1. The van der Waals surface area contributed by atoms with Gasteiger partial charge in [-0.05, 0) is 69.5 Å². The predicted molar refractivity (Wildman–Crippen MR) is 177 cm³/mol. The summed E-state index contributed by atoms with van der Waals surface area (Å²) >= 11 is 0. The molecule has 1 saturated heterocycles. The number of benzene rings is 1. The first-order valence-corrected chi connectivity index (χ1v) is 16.1. The predicted octanol–water partition coefficient (Wildman–Crippen LogP) is 5.33. The zero-order chi connectivity index (χ0) is 37.2. The number of piperazine rings is 1. The number of halogens is 4. The third-order valence-corrected chi connectivity index (χ3v) is 8.43. The minimum atomic E-state index is -3.00. The molecular formula is C36H36F4N6O5. The van der Waals surface area contributed by atoms with Crippen LogP contribution in [0, 0.1) is 23.0 Å². The lowest BCUT2D eigenvalue weighted by Gasteiger charge is -2.43. The molecule has 2 aliphatic carbocycles. The Kier molecular flexibility index (Phi) is 10.4. The van der Waals surface area contributed by atoms with E-state index in [1.807, 2.05) is 6.07 Å². The van der Waals surface area contributed by atoms with Gasteiger partial charge in [0.2, 0.25) is 11.8 Å². The number of carbonyl (C=O) groups excluding carboxylic acids is 4. The number of alkyl halides is 2. The number of ether oxygens (including phenoxy) is 1. The maximum absolute atomic E-state index is 15.2. The van der Waals surface area contributed by atoms with Crippen molar-refractivity contribution in [2.24, 2.45) is 0 Å². The number of nitrogens with zero attached hydrogens (tertiary/aromatic N) is 5. The molecule has 2 aromatic rings. The van der Waals surface area contributed by atoms with E-state index in [2.05, 4.69) is 10.3 Å². The molecule has 1 saturated carbocycles. The summed E-state index contributed by atoms with van der Waals surface area (Å²) in [5.74, 6) is -8.12. The van der Waals surface area contributed by atoms with Crippen molar-refractivity contribution in [3.8, 4) is 6.07 Å². The normalized spacial score (nSPS) is 19.5. The highest BCUT2D eigenvalue weighted by Crippen LogP contribution is 2.38. The fraction of sp³-hybridized carbons (Fsp3) is 0.389. The van der Waals surface area contributed by atoms with Gasteiger partial charge in [-0.3, -0.25) is 29.1 Å². The molecule has 0 radical (unpaired) electrons. The van der Waals surface area contributed by atoms with E-state index in [0.717, 1.165) is 26.8 Å². The molecule has 0 spiro atoms. The van der Waals surface area contributed by atoms with E-state index >= 15 is 4.79 Å². The second kappa shape index (κ2) is 14.4. The van der Waals surface area contributed by atoms with E-state index in [9.17, 15) is 37.2 Å². The van der Waals surface area contributed by atoms with Gasteiger partial charge in [0.1, 0.15) is 41.7 Å². The summed E-state index contributed by atoms with van der Waals surface area (Å²) in [6.45, 7) is 5.39. The van der Waals surface area contributed by atoms with Crippen LogP contribution in [0.4, 0.5) is 33.9 Å². The minimum Gasteiger partial charge on any atom is -0.444 e. The molecule has 3 aliphatic rings. The highest BCUT2D eigenvalue weighted by atomic mass is 19.3. The van der Waals surface area contributed by atoms with E-state index in [1.54, 1.807) is 52.0 Å². The summed E-state index contributed by atoms with van der Waals surface area (Å²) in [4.78, 5) is 63.6. The standard InChI is InChI=1S/C36H36F4N6O5/c1-21-8-6-5-7-9-27(21)31(32(48)43-25-16-36(39,40)17-25)45(26-14-23(37)13-24(38)15-26)33(49)28-19-44(34(50)51-35(2,3)4)20-30(47)46(28)29-12-22(18-41)10-11-42-29/h5-8,10-15,25,28,31H,9,16-17,19-20H2,1-4H3,(H,43,48). The monoisotopic (exact) mass is 708 g/mol. The van der Waals surface area contributed by atoms with Crippen LogP contribution in [0.2, 0.25) is 0 Å². The molecule has 5 rings (SSSR count). The Morgan fingerprint density at radius 1 is 1.12 bits per heavy atom. The highest BCUT2D eigenvalue weighted by molar-refractivity contribution is 6.11. The van der Waals surface area contributed by atoms with E-state index in [1.165, 1.54) is 18.3 Å². The van der Waals surface area contributed by atoms with Gasteiger partial charge < -0.3 is 10.1 Å². The zero-order valence-electron chi connectivity index (χ0n) is 28.3. The SMILES string of the molecule is CC1=C(C(C(=O)NC2CC(F)(F)C2)N(C(=O)C2CN(C(=O)OC(C)(C)C)CC(=O)N2c2cc(C#N)ccn2)c2cc(F)cc(F)c2)CC=CC=C1. The van der Waals surface area contributed by atoms with Crippen LogP contribution < -0.4 is 15.1 Å². The number of hydrogen-bond acceptors (Lipinski definition) is 7. The Hall–Kier alpha value is -5.52. The first-order chi connectivity index (χ1) is 24.0. The van der Waals surface area contributed by atoms with Crippen LogP contribution in [-0.4, -0.2) is 76.4 Å².